The van der Waals surface area contributed by atoms with Crippen LogP contribution in [0.3, 0.4) is 0 Å². The van der Waals surface area contributed by atoms with E-state index in [1.807, 2.05) is 31.2 Å². The van der Waals surface area contributed by atoms with Crippen molar-refractivity contribution >= 4 is 29.0 Å². The zero-order valence-electron chi connectivity index (χ0n) is 14.0. The van der Waals surface area contributed by atoms with E-state index in [4.69, 9.17) is 4.74 Å². The number of benzene rings is 2. The zero-order chi connectivity index (χ0) is 18.7. The van der Waals surface area contributed by atoms with Crippen LogP contribution in [0.25, 0.3) is 6.08 Å². The predicted molar refractivity (Wildman–Crippen MR) is 99.1 cm³/mol. The first-order valence-corrected chi connectivity index (χ1v) is 8.72. The van der Waals surface area contributed by atoms with E-state index in [-0.39, 0.29) is 34.8 Å². The molecule has 7 heteroatoms. The van der Waals surface area contributed by atoms with E-state index in [9.17, 15) is 19.8 Å². The molecule has 0 radical (unpaired) electrons. The molecule has 0 aliphatic carbocycles. The largest absolute Gasteiger partial charge is 0.508 e. The Morgan fingerprint density at radius 2 is 1.96 bits per heavy atom. The summed E-state index contributed by atoms with van der Waals surface area (Å²) in [6.07, 6.45) is 1.43. The Hall–Kier alpha value is -2.93. The average molecular weight is 371 g/mol. The Labute approximate surface area is 154 Å². The van der Waals surface area contributed by atoms with Crippen LogP contribution in [0.1, 0.15) is 11.1 Å². The van der Waals surface area contributed by atoms with Crippen molar-refractivity contribution in [3.63, 3.8) is 0 Å². The molecule has 1 fully saturated rings. The fraction of sp³-hybridized carbons (Fsp3) is 0.158. The van der Waals surface area contributed by atoms with Crippen LogP contribution in [0.5, 0.6) is 17.2 Å². The summed E-state index contributed by atoms with van der Waals surface area (Å²) in [6, 6.07) is 11.6. The van der Waals surface area contributed by atoms with Gasteiger partial charge in [-0.15, -0.1) is 0 Å². The van der Waals surface area contributed by atoms with Crippen molar-refractivity contribution in [2.24, 2.45) is 0 Å². The SMILES string of the molecule is Cc1cccc(OCCN2C(=O)S/C(=C\c3ccc(O)cc3O)C2=O)c1. The summed E-state index contributed by atoms with van der Waals surface area (Å²) in [5, 5.41) is 18.7. The van der Waals surface area contributed by atoms with E-state index in [0.717, 1.165) is 22.2 Å². The molecule has 0 aromatic heterocycles. The third kappa shape index (κ3) is 4.00. The molecule has 3 rings (SSSR count). The van der Waals surface area contributed by atoms with Gasteiger partial charge in [-0.05, 0) is 54.6 Å². The zero-order valence-corrected chi connectivity index (χ0v) is 14.8. The first-order valence-electron chi connectivity index (χ1n) is 7.91. The molecule has 1 saturated heterocycles. The average Bonchev–Trinajstić information content (AvgIpc) is 2.85. The molecule has 1 aliphatic heterocycles. The van der Waals surface area contributed by atoms with Crippen LogP contribution < -0.4 is 4.74 Å². The van der Waals surface area contributed by atoms with Crippen molar-refractivity contribution in [3.8, 4) is 17.2 Å². The summed E-state index contributed by atoms with van der Waals surface area (Å²) in [6.45, 7) is 2.28. The third-order valence-electron chi connectivity index (χ3n) is 3.75. The second-order valence-corrected chi connectivity index (χ2v) is 6.73. The van der Waals surface area contributed by atoms with E-state index in [1.54, 1.807) is 0 Å². The van der Waals surface area contributed by atoms with Crippen molar-refractivity contribution in [1.82, 2.24) is 4.90 Å². The van der Waals surface area contributed by atoms with Crippen LogP contribution in [0.15, 0.2) is 47.4 Å². The number of hydrogen-bond acceptors (Lipinski definition) is 6. The van der Waals surface area contributed by atoms with Gasteiger partial charge in [-0.25, -0.2) is 0 Å². The number of amides is 2. The van der Waals surface area contributed by atoms with Gasteiger partial charge in [0.05, 0.1) is 11.4 Å². The topological polar surface area (TPSA) is 87.1 Å². The van der Waals surface area contributed by atoms with Gasteiger partial charge in [0.2, 0.25) is 0 Å². The van der Waals surface area contributed by atoms with E-state index < -0.39 is 5.91 Å². The molecule has 0 saturated carbocycles. The van der Waals surface area contributed by atoms with Crippen molar-refractivity contribution in [3.05, 3.63) is 58.5 Å². The Kier molecular flexibility index (Phi) is 5.18. The van der Waals surface area contributed by atoms with Gasteiger partial charge in [-0.2, -0.15) is 0 Å². The highest BCUT2D eigenvalue weighted by Gasteiger charge is 2.34. The van der Waals surface area contributed by atoms with Gasteiger partial charge in [0.25, 0.3) is 11.1 Å². The maximum absolute atomic E-state index is 12.4. The fourth-order valence-corrected chi connectivity index (χ4v) is 3.30. The number of phenols is 2. The Morgan fingerprint density at radius 3 is 2.69 bits per heavy atom. The van der Waals surface area contributed by atoms with Crippen molar-refractivity contribution in [2.75, 3.05) is 13.2 Å². The van der Waals surface area contributed by atoms with Crippen LogP contribution in [0.4, 0.5) is 4.79 Å². The minimum atomic E-state index is -0.430. The van der Waals surface area contributed by atoms with Gasteiger partial charge in [-0.3, -0.25) is 14.5 Å². The molecule has 1 aliphatic rings. The second kappa shape index (κ2) is 7.53. The number of hydrogen-bond donors (Lipinski definition) is 2. The van der Waals surface area contributed by atoms with Crippen molar-refractivity contribution in [2.45, 2.75) is 6.92 Å². The summed E-state index contributed by atoms with van der Waals surface area (Å²) in [7, 11) is 0. The van der Waals surface area contributed by atoms with Gasteiger partial charge < -0.3 is 14.9 Å². The van der Waals surface area contributed by atoms with Gasteiger partial charge in [-0.1, -0.05) is 12.1 Å². The van der Waals surface area contributed by atoms with Gasteiger partial charge in [0.15, 0.2) is 0 Å². The molecule has 134 valence electrons. The Balaban J connectivity index is 1.66. The normalized spacial score (nSPS) is 15.7. The standard InChI is InChI=1S/C19H17NO5S/c1-12-3-2-4-15(9-12)25-8-7-20-18(23)17(26-19(20)24)10-13-5-6-14(21)11-16(13)22/h2-6,9-11,21-22H,7-8H2,1H3/b17-10-. The molecule has 6 nitrogen and oxygen atoms in total. The van der Waals surface area contributed by atoms with Gasteiger partial charge in [0.1, 0.15) is 23.9 Å². The Bertz CT molecular complexity index is 893. The van der Waals surface area contributed by atoms with E-state index in [0.29, 0.717) is 11.3 Å². The lowest BCUT2D eigenvalue weighted by Crippen LogP contribution is -2.32. The van der Waals surface area contributed by atoms with E-state index in [1.165, 1.54) is 24.3 Å². The van der Waals surface area contributed by atoms with Crippen LogP contribution in [0.2, 0.25) is 0 Å². The minimum absolute atomic E-state index is 0.0824. The number of carbonyl (C=O) groups excluding carboxylic acids is 2. The number of ether oxygens (including phenoxy) is 1. The molecule has 0 unspecified atom stereocenters. The molecular weight excluding hydrogens is 354 g/mol. The molecule has 0 bridgehead atoms. The number of phenolic OH excluding ortho intramolecular Hbond substituents is 2. The summed E-state index contributed by atoms with van der Waals surface area (Å²) < 4.78 is 5.59. The highest BCUT2D eigenvalue weighted by molar-refractivity contribution is 8.18. The summed E-state index contributed by atoms with van der Waals surface area (Å²) in [5.74, 6) is 0.00229. The predicted octanol–water partition coefficient (Wildman–Crippen LogP) is 3.52. The Morgan fingerprint density at radius 1 is 1.15 bits per heavy atom. The molecule has 2 aromatic carbocycles. The summed E-state index contributed by atoms with van der Waals surface area (Å²) in [5.41, 5.74) is 1.41. The highest BCUT2D eigenvalue weighted by Crippen LogP contribution is 2.34. The van der Waals surface area contributed by atoms with Crippen molar-refractivity contribution in [1.29, 1.82) is 0 Å². The van der Waals surface area contributed by atoms with Crippen LogP contribution in [0, 0.1) is 6.92 Å². The van der Waals surface area contributed by atoms with E-state index in [2.05, 4.69) is 0 Å². The molecule has 1 heterocycles. The number of imide groups is 1. The van der Waals surface area contributed by atoms with E-state index >= 15 is 0 Å². The van der Waals surface area contributed by atoms with Gasteiger partial charge in [0, 0.05) is 11.6 Å². The molecule has 2 N–H and O–H groups in total. The number of aromatic hydroxyl groups is 2. The number of aryl methyl sites for hydroxylation is 1. The molecule has 26 heavy (non-hydrogen) atoms. The first-order chi connectivity index (χ1) is 12.4. The van der Waals surface area contributed by atoms with Crippen molar-refractivity contribution < 1.29 is 24.5 Å². The highest BCUT2D eigenvalue weighted by atomic mass is 32.2. The van der Waals surface area contributed by atoms with Crippen LogP contribution in [-0.4, -0.2) is 39.4 Å². The monoisotopic (exact) mass is 371 g/mol. The lowest BCUT2D eigenvalue weighted by Gasteiger charge is -2.13. The maximum atomic E-state index is 12.4. The maximum Gasteiger partial charge on any atom is 0.293 e. The fourth-order valence-electron chi connectivity index (χ4n) is 2.45. The number of nitrogens with zero attached hydrogens (tertiary/aromatic N) is 1. The first kappa shape index (κ1) is 17.9. The lowest BCUT2D eigenvalue weighted by atomic mass is 10.1. The lowest BCUT2D eigenvalue weighted by molar-refractivity contribution is -0.123. The minimum Gasteiger partial charge on any atom is -0.508 e. The smallest absolute Gasteiger partial charge is 0.293 e. The number of carbonyl (C=O) groups is 2. The summed E-state index contributed by atoms with van der Waals surface area (Å²) in [4.78, 5) is 25.8. The quantitative estimate of drug-likeness (QED) is 0.782. The second-order valence-electron chi connectivity index (χ2n) is 5.74. The third-order valence-corrected chi connectivity index (χ3v) is 4.65. The van der Waals surface area contributed by atoms with Gasteiger partial charge >= 0.3 is 0 Å². The molecule has 0 spiro atoms. The molecular formula is C19H17NO5S. The summed E-state index contributed by atoms with van der Waals surface area (Å²) >= 11 is 0.808. The molecule has 2 aromatic rings. The van der Waals surface area contributed by atoms with Crippen LogP contribution >= 0.6 is 11.8 Å². The molecule has 0 atom stereocenters. The number of thioether (sulfide) groups is 1. The molecule has 2 amide bonds. The number of rotatable bonds is 5. The van der Waals surface area contributed by atoms with Crippen LogP contribution in [-0.2, 0) is 4.79 Å².